The number of carbonyl (C=O) groups excluding carboxylic acids is 1. The second-order valence-electron chi connectivity index (χ2n) is 3.99. The van der Waals surface area contributed by atoms with Crippen LogP contribution in [-0.2, 0) is 19.2 Å². The van der Waals surface area contributed by atoms with Crippen LogP contribution in [0.15, 0.2) is 0 Å². The first-order chi connectivity index (χ1) is 7.16. The molecule has 1 amide bonds. The summed E-state index contributed by atoms with van der Waals surface area (Å²) in [5.74, 6) is 0. The SMILES string of the molecule is CNS(=O)(=O)OCCOC(=O)NC(C)(C)C. The van der Waals surface area contributed by atoms with Gasteiger partial charge in [-0.05, 0) is 20.8 Å². The molecular weight excluding hydrogens is 236 g/mol. The molecule has 0 aliphatic carbocycles. The van der Waals surface area contributed by atoms with Crippen molar-refractivity contribution in [2.75, 3.05) is 20.3 Å². The van der Waals surface area contributed by atoms with Crippen molar-refractivity contribution in [1.29, 1.82) is 0 Å². The lowest BCUT2D eigenvalue weighted by Gasteiger charge is -2.19. The molecule has 0 bridgehead atoms. The van der Waals surface area contributed by atoms with Gasteiger partial charge in [-0.15, -0.1) is 0 Å². The molecule has 0 atom stereocenters. The molecule has 0 radical (unpaired) electrons. The van der Waals surface area contributed by atoms with Crippen LogP contribution in [0.4, 0.5) is 4.79 Å². The van der Waals surface area contributed by atoms with Gasteiger partial charge in [0.05, 0.1) is 0 Å². The summed E-state index contributed by atoms with van der Waals surface area (Å²) in [5, 5.41) is 2.55. The van der Waals surface area contributed by atoms with Crippen molar-refractivity contribution in [2.24, 2.45) is 0 Å². The van der Waals surface area contributed by atoms with Crippen LogP contribution in [0.25, 0.3) is 0 Å². The fourth-order valence-electron chi connectivity index (χ4n) is 0.679. The van der Waals surface area contributed by atoms with Crippen molar-refractivity contribution in [3.8, 4) is 0 Å². The zero-order valence-corrected chi connectivity index (χ0v) is 10.7. The Kier molecular flexibility index (Phi) is 5.70. The van der Waals surface area contributed by atoms with E-state index >= 15 is 0 Å². The molecule has 0 saturated carbocycles. The van der Waals surface area contributed by atoms with Gasteiger partial charge < -0.3 is 10.1 Å². The molecule has 0 aliphatic rings. The molecule has 0 rings (SSSR count). The van der Waals surface area contributed by atoms with E-state index < -0.39 is 21.9 Å². The molecule has 7 nitrogen and oxygen atoms in total. The Morgan fingerprint density at radius 1 is 1.25 bits per heavy atom. The number of rotatable bonds is 5. The lowest BCUT2D eigenvalue weighted by molar-refractivity contribution is 0.119. The predicted octanol–water partition coefficient (Wildman–Crippen LogP) is -0.00810. The molecule has 0 fully saturated rings. The maximum absolute atomic E-state index is 11.1. The highest BCUT2D eigenvalue weighted by molar-refractivity contribution is 7.84. The average Bonchev–Trinajstić information content (AvgIpc) is 2.10. The average molecular weight is 254 g/mol. The quantitative estimate of drug-likeness (QED) is 0.673. The summed E-state index contributed by atoms with van der Waals surface area (Å²) in [6.07, 6.45) is -0.613. The van der Waals surface area contributed by atoms with Crippen molar-refractivity contribution in [3.63, 3.8) is 0 Å². The normalized spacial score (nSPS) is 12.2. The number of ether oxygens (including phenoxy) is 1. The van der Waals surface area contributed by atoms with Gasteiger partial charge in [-0.1, -0.05) is 0 Å². The second-order valence-corrected chi connectivity index (χ2v) is 5.54. The fourth-order valence-corrected chi connectivity index (χ4v) is 1.08. The molecule has 0 aromatic heterocycles. The van der Waals surface area contributed by atoms with Crippen LogP contribution in [0, 0.1) is 0 Å². The van der Waals surface area contributed by atoms with E-state index in [0.29, 0.717) is 0 Å². The topological polar surface area (TPSA) is 93.7 Å². The Hall–Kier alpha value is -0.860. The van der Waals surface area contributed by atoms with Crippen molar-refractivity contribution >= 4 is 16.4 Å². The van der Waals surface area contributed by atoms with E-state index in [2.05, 4.69) is 9.50 Å². The lowest BCUT2D eigenvalue weighted by Crippen LogP contribution is -2.41. The van der Waals surface area contributed by atoms with E-state index in [0.717, 1.165) is 0 Å². The summed E-state index contributed by atoms with van der Waals surface area (Å²) in [6.45, 7) is 5.05. The standard InChI is InChI=1S/C8H18N2O5S/c1-8(2,3)10-7(11)14-5-6-15-16(12,13)9-4/h9H,5-6H2,1-4H3,(H,10,11). The highest BCUT2D eigenvalue weighted by Crippen LogP contribution is 1.98. The first kappa shape index (κ1) is 15.1. The van der Waals surface area contributed by atoms with Gasteiger partial charge in [0.25, 0.3) is 0 Å². The van der Waals surface area contributed by atoms with E-state index in [1.165, 1.54) is 7.05 Å². The summed E-state index contributed by atoms with van der Waals surface area (Å²) >= 11 is 0. The van der Waals surface area contributed by atoms with Gasteiger partial charge in [-0.2, -0.15) is 13.1 Å². The van der Waals surface area contributed by atoms with Crippen LogP contribution in [0.5, 0.6) is 0 Å². The van der Waals surface area contributed by atoms with Crippen molar-refractivity contribution in [1.82, 2.24) is 10.0 Å². The Labute approximate surface area is 95.8 Å². The minimum absolute atomic E-state index is 0.136. The molecule has 0 aliphatic heterocycles. The zero-order chi connectivity index (χ0) is 12.8. The Balaban J connectivity index is 3.72. The highest BCUT2D eigenvalue weighted by Gasteiger charge is 2.14. The van der Waals surface area contributed by atoms with Crippen LogP contribution in [-0.4, -0.2) is 40.3 Å². The minimum atomic E-state index is -3.71. The van der Waals surface area contributed by atoms with E-state index in [1.807, 2.05) is 4.72 Å². The molecule has 0 spiro atoms. The third-order valence-corrected chi connectivity index (χ3v) is 2.26. The van der Waals surface area contributed by atoms with Crippen LogP contribution in [0.3, 0.4) is 0 Å². The van der Waals surface area contributed by atoms with Crippen molar-refractivity contribution in [3.05, 3.63) is 0 Å². The summed E-state index contributed by atoms with van der Waals surface area (Å²) < 4.78 is 32.6. The van der Waals surface area contributed by atoms with E-state index in [4.69, 9.17) is 4.74 Å². The third-order valence-electron chi connectivity index (χ3n) is 1.28. The molecule has 8 heteroatoms. The predicted molar refractivity (Wildman–Crippen MR) is 58.2 cm³/mol. The summed E-state index contributed by atoms with van der Waals surface area (Å²) in [6, 6.07) is 0. The monoisotopic (exact) mass is 254 g/mol. The van der Waals surface area contributed by atoms with Crippen molar-refractivity contribution < 1.29 is 22.1 Å². The second kappa shape index (κ2) is 6.02. The Morgan fingerprint density at radius 3 is 2.25 bits per heavy atom. The maximum atomic E-state index is 11.1. The molecular formula is C8H18N2O5S. The zero-order valence-electron chi connectivity index (χ0n) is 9.86. The first-order valence-corrected chi connectivity index (χ1v) is 6.10. The maximum Gasteiger partial charge on any atom is 0.407 e. The van der Waals surface area contributed by atoms with Gasteiger partial charge in [0, 0.05) is 12.6 Å². The minimum Gasteiger partial charge on any atom is -0.447 e. The van der Waals surface area contributed by atoms with Gasteiger partial charge in [-0.3, -0.25) is 4.18 Å². The van der Waals surface area contributed by atoms with Gasteiger partial charge in [0.2, 0.25) is 0 Å². The van der Waals surface area contributed by atoms with E-state index in [9.17, 15) is 13.2 Å². The molecule has 0 saturated heterocycles. The largest absolute Gasteiger partial charge is 0.447 e. The fraction of sp³-hybridized carbons (Fsp3) is 0.875. The highest BCUT2D eigenvalue weighted by atomic mass is 32.2. The number of amides is 1. The number of alkyl carbamates (subject to hydrolysis) is 1. The lowest BCUT2D eigenvalue weighted by atomic mass is 10.1. The molecule has 0 aromatic carbocycles. The Morgan fingerprint density at radius 2 is 1.81 bits per heavy atom. The van der Waals surface area contributed by atoms with Crippen LogP contribution >= 0.6 is 0 Å². The van der Waals surface area contributed by atoms with Crippen LogP contribution in [0.1, 0.15) is 20.8 Å². The van der Waals surface area contributed by atoms with E-state index in [1.54, 1.807) is 20.8 Å². The Bertz CT molecular complexity index is 320. The van der Waals surface area contributed by atoms with Gasteiger partial charge in [0.1, 0.15) is 13.2 Å². The molecule has 2 N–H and O–H groups in total. The first-order valence-electron chi connectivity index (χ1n) is 4.69. The van der Waals surface area contributed by atoms with Gasteiger partial charge >= 0.3 is 16.4 Å². The number of nitrogens with one attached hydrogen (secondary N) is 2. The third kappa shape index (κ3) is 8.45. The van der Waals surface area contributed by atoms with Crippen LogP contribution < -0.4 is 10.0 Å². The van der Waals surface area contributed by atoms with Crippen LogP contribution in [0.2, 0.25) is 0 Å². The molecule has 0 aromatic rings. The molecule has 16 heavy (non-hydrogen) atoms. The summed E-state index contributed by atoms with van der Waals surface area (Å²) in [4.78, 5) is 11.1. The van der Waals surface area contributed by atoms with Gasteiger partial charge in [0.15, 0.2) is 0 Å². The number of carbonyl (C=O) groups is 1. The van der Waals surface area contributed by atoms with Crippen molar-refractivity contribution in [2.45, 2.75) is 26.3 Å². The molecule has 0 heterocycles. The smallest absolute Gasteiger partial charge is 0.407 e. The number of hydrogen-bond donors (Lipinski definition) is 2. The number of hydrogen-bond acceptors (Lipinski definition) is 5. The molecule has 96 valence electrons. The summed E-state index contributed by atoms with van der Waals surface area (Å²) in [5.41, 5.74) is -0.394. The molecule has 0 unspecified atom stereocenters. The summed E-state index contributed by atoms with van der Waals surface area (Å²) in [7, 11) is -2.49. The van der Waals surface area contributed by atoms with E-state index in [-0.39, 0.29) is 13.2 Å². The van der Waals surface area contributed by atoms with Gasteiger partial charge in [-0.25, -0.2) is 4.79 Å².